The molecule has 4 heterocycles. The molecular weight excluding hydrogens is 409 g/mol. The van der Waals surface area contributed by atoms with Crippen molar-refractivity contribution >= 4 is 78.9 Å². The van der Waals surface area contributed by atoms with Gasteiger partial charge in [0.1, 0.15) is 0 Å². The van der Waals surface area contributed by atoms with Gasteiger partial charge in [-0.15, -0.1) is 22.7 Å². The van der Waals surface area contributed by atoms with Crippen LogP contribution < -0.4 is 9.06 Å². The number of thioether (sulfide) groups is 2. The summed E-state index contributed by atoms with van der Waals surface area (Å²) < 4.78 is 5.58. The van der Waals surface area contributed by atoms with Crippen molar-refractivity contribution in [3.63, 3.8) is 0 Å². The maximum atomic E-state index is 12.5. The first-order valence-corrected chi connectivity index (χ1v) is 11.6. The third-order valence-corrected chi connectivity index (χ3v) is 9.48. The highest BCUT2D eigenvalue weighted by molar-refractivity contribution is 8.34. The van der Waals surface area contributed by atoms with Crippen molar-refractivity contribution in [1.82, 2.24) is 0 Å². The molecule has 122 valence electrons. The average Bonchev–Trinajstić information content (AvgIpc) is 3.41. The van der Waals surface area contributed by atoms with E-state index < -0.39 is 0 Å². The number of ketones is 2. The fourth-order valence-corrected chi connectivity index (χ4v) is 7.69. The first kappa shape index (κ1) is 15.8. The van der Waals surface area contributed by atoms with Crippen molar-refractivity contribution in [2.45, 2.75) is 0 Å². The zero-order valence-electron chi connectivity index (χ0n) is 12.5. The molecule has 3 aromatic rings. The Morgan fingerprint density at radius 3 is 1.80 bits per heavy atom. The molecule has 7 heteroatoms. The van der Waals surface area contributed by atoms with E-state index in [4.69, 9.17) is 0 Å². The molecule has 0 bridgehead atoms. The number of hydrogen-bond acceptors (Lipinski definition) is 7. The van der Waals surface area contributed by atoms with Crippen LogP contribution in [0.5, 0.6) is 0 Å². The molecule has 2 aliphatic rings. The number of rotatable bonds is 0. The van der Waals surface area contributed by atoms with Crippen LogP contribution in [-0.2, 0) is 0 Å². The third kappa shape index (κ3) is 2.53. The molecule has 0 radical (unpaired) electrons. The fourth-order valence-electron chi connectivity index (χ4n) is 2.75. The van der Waals surface area contributed by atoms with Gasteiger partial charge in [0.2, 0.25) is 0 Å². The summed E-state index contributed by atoms with van der Waals surface area (Å²) in [5.74, 6) is -0.274. The van der Waals surface area contributed by atoms with Gasteiger partial charge < -0.3 is 0 Å². The van der Waals surface area contributed by atoms with Crippen LogP contribution in [0.15, 0.2) is 45.8 Å². The molecule has 2 nitrogen and oxygen atoms in total. The van der Waals surface area contributed by atoms with E-state index in [1.54, 1.807) is 45.6 Å². The number of Topliss-reactive ketones (excluding diaryl/α,β-unsaturated/α-hetero) is 2. The van der Waals surface area contributed by atoms with Gasteiger partial charge in [-0.2, -0.15) is 11.3 Å². The predicted molar refractivity (Wildman–Crippen MR) is 110 cm³/mol. The van der Waals surface area contributed by atoms with Gasteiger partial charge in [0.15, 0.2) is 11.6 Å². The molecule has 0 N–H and O–H groups in total. The van der Waals surface area contributed by atoms with Crippen LogP contribution in [0.25, 0.3) is 9.81 Å². The van der Waals surface area contributed by atoms with E-state index in [0.717, 1.165) is 9.06 Å². The molecule has 0 amide bonds. The van der Waals surface area contributed by atoms with E-state index in [9.17, 15) is 9.59 Å². The van der Waals surface area contributed by atoms with Crippen molar-refractivity contribution in [3.05, 3.63) is 75.1 Å². The topological polar surface area (TPSA) is 34.1 Å². The van der Waals surface area contributed by atoms with Gasteiger partial charge in [0.25, 0.3) is 0 Å². The molecule has 0 atom stereocenters. The zero-order chi connectivity index (χ0) is 17.0. The number of hydrogen-bond donors (Lipinski definition) is 0. The fraction of sp³-hybridized carbons (Fsp3) is 0. The summed E-state index contributed by atoms with van der Waals surface area (Å²) >= 11 is 8.15. The van der Waals surface area contributed by atoms with E-state index in [0.29, 0.717) is 16.7 Å². The molecule has 0 fully saturated rings. The van der Waals surface area contributed by atoms with Crippen LogP contribution in [0.2, 0.25) is 0 Å². The van der Waals surface area contributed by atoms with Crippen molar-refractivity contribution in [1.29, 1.82) is 0 Å². The summed E-state index contributed by atoms with van der Waals surface area (Å²) in [5.41, 5.74) is 1.43. The number of carbonyl (C=O) groups is 2. The monoisotopic (exact) mass is 416 g/mol. The smallest absolute Gasteiger partial charge is 0.199 e. The van der Waals surface area contributed by atoms with E-state index in [1.165, 1.54) is 36.0 Å². The normalized spacial score (nSPS) is 17.8. The molecule has 0 saturated heterocycles. The van der Waals surface area contributed by atoms with E-state index in [-0.39, 0.29) is 11.6 Å². The minimum atomic E-state index is -0.137. The van der Waals surface area contributed by atoms with Gasteiger partial charge >= 0.3 is 0 Å². The minimum absolute atomic E-state index is 0.137. The highest BCUT2D eigenvalue weighted by Crippen LogP contribution is 2.38. The molecule has 1 aliphatic carbocycles. The number of carbonyl (C=O) groups excluding carboxylic acids is 2. The standard InChI is InChI=1S/C18H8O2S5/c19-16-9-7-21-8-10(9)17(20)15(16)13-3-1-11(24-13)12-2-4-14(25-12)18-22-5-6-23-18/h1-8H/b12-11+. The average molecular weight is 417 g/mol. The van der Waals surface area contributed by atoms with Crippen molar-refractivity contribution in [2.75, 3.05) is 0 Å². The summed E-state index contributed by atoms with van der Waals surface area (Å²) in [6.07, 6.45) is 0. The summed E-state index contributed by atoms with van der Waals surface area (Å²) in [7, 11) is 0. The Morgan fingerprint density at radius 1 is 0.640 bits per heavy atom. The Morgan fingerprint density at radius 2 is 1.16 bits per heavy atom. The maximum absolute atomic E-state index is 12.5. The molecule has 0 unspecified atom stereocenters. The highest BCUT2D eigenvalue weighted by Gasteiger charge is 2.34. The molecule has 3 aromatic heterocycles. The molecular formula is C18H8O2S5. The first-order chi connectivity index (χ1) is 12.2. The second-order valence-corrected chi connectivity index (χ2v) is 10.4. The third-order valence-electron chi connectivity index (χ3n) is 3.91. The summed E-state index contributed by atoms with van der Waals surface area (Å²) in [4.78, 5) is 25.1. The van der Waals surface area contributed by atoms with Gasteiger partial charge in [-0.05, 0) is 35.1 Å². The lowest BCUT2D eigenvalue weighted by molar-refractivity contribution is 0.102. The van der Waals surface area contributed by atoms with Crippen molar-refractivity contribution in [2.24, 2.45) is 0 Å². The lowest BCUT2D eigenvalue weighted by atomic mass is 10.2. The quantitative estimate of drug-likeness (QED) is 0.544. The van der Waals surface area contributed by atoms with Crippen LogP contribution in [0.1, 0.15) is 20.7 Å². The van der Waals surface area contributed by atoms with Gasteiger partial charge in [0, 0.05) is 40.0 Å². The summed E-state index contributed by atoms with van der Waals surface area (Å²) in [6, 6.07) is 8.15. The van der Waals surface area contributed by atoms with Crippen LogP contribution in [0.3, 0.4) is 0 Å². The van der Waals surface area contributed by atoms with Gasteiger partial charge in [-0.1, -0.05) is 23.5 Å². The minimum Gasteiger partial charge on any atom is -0.288 e. The van der Waals surface area contributed by atoms with Crippen LogP contribution in [0.4, 0.5) is 0 Å². The molecule has 1 aliphatic heterocycles. The Hall–Kier alpha value is -1.38. The van der Waals surface area contributed by atoms with Gasteiger partial charge in [0.05, 0.1) is 9.81 Å². The van der Waals surface area contributed by atoms with Crippen LogP contribution in [0, 0.1) is 9.06 Å². The highest BCUT2D eigenvalue weighted by atomic mass is 32.2. The molecule has 25 heavy (non-hydrogen) atoms. The number of thiophene rings is 3. The largest absolute Gasteiger partial charge is 0.288 e. The SMILES string of the molecule is O=C1C(=c2cc/c(=c3/ccc(=C4SC=CS4)s3)s2)C(=O)c2cscc21. The number of fused-ring (bicyclic) bond motifs is 1. The molecule has 0 spiro atoms. The second-order valence-electron chi connectivity index (χ2n) is 5.36. The van der Waals surface area contributed by atoms with E-state index >= 15 is 0 Å². The Kier molecular flexibility index (Phi) is 3.87. The van der Waals surface area contributed by atoms with E-state index in [2.05, 4.69) is 22.9 Å². The maximum Gasteiger partial charge on any atom is 0.199 e. The molecule has 5 rings (SSSR count). The lowest BCUT2D eigenvalue weighted by Crippen LogP contribution is -2.10. The first-order valence-electron chi connectivity index (χ1n) is 7.31. The van der Waals surface area contributed by atoms with Crippen molar-refractivity contribution < 1.29 is 9.59 Å². The Balaban J connectivity index is 1.71. The second kappa shape index (κ2) is 6.10. The van der Waals surface area contributed by atoms with Gasteiger partial charge in [-0.3, -0.25) is 9.59 Å². The Bertz CT molecular complexity index is 1240. The Labute approximate surface area is 162 Å². The summed E-state index contributed by atoms with van der Waals surface area (Å²) in [6.45, 7) is 0. The van der Waals surface area contributed by atoms with Gasteiger partial charge in [-0.25, -0.2) is 0 Å². The lowest BCUT2D eigenvalue weighted by Gasteiger charge is -1.89. The molecule has 0 saturated carbocycles. The van der Waals surface area contributed by atoms with E-state index in [1.807, 2.05) is 12.1 Å². The van der Waals surface area contributed by atoms with Crippen molar-refractivity contribution in [3.8, 4) is 0 Å². The predicted octanol–water partition coefficient (Wildman–Crippen LogP) is 4.40. The summed E-state index contributed by atoms with van der Waals surface area (Å²) in [5, 5.41) is 7.72. The van der Waals surface area contributed by atoms with Crippen LogP contribution >= 0.6 is 57.5 Å². The zero-order valence-corrected chi connectivity index (χ0v) is 16.6. The molecule has 0 aromatic carbocycles. The van der Waals surface area contributed by atoms with Crippen LogP contribution in [-0.4, -0.2) is 11.6 Å².